The Hall–Kier alpha value is -0.890. The highest BCUT2D eigenvalue weighted by Crippen LogP contribution is 2.30. The van der Waals surface area contributed by atoms with E-state index in [1.165, 1.54) is 11.1 Å². The summed E-state index contributed by atoms with van der Waals surface area (Å²) in [5.41, 5.74) is 2.57. The van der Waals surface area contributed by atoms with Gasteiger partial charge >= 0.3 is 0 Å². The smallest absolute Gasteiger partial charge is 0.0637 e. The zero-order valence-corrected chi connectivity index (χ0v) is 9.09. The van der Waals surface area contributed by atoms with Gasteiger partial charge in [-0.1, -0.05) is 42.0 Å². The van der Waals surface area contributed by atoms with Crippen LogP contribution >= 0.6 is 0 Å². The molecule has 0 saturated heterocycles. The number of allylic oxidation sites excluding steroid dienone is 1. The fourth-order valence-electron chi connectivity index (χ4n) is 1.75. The van der Waals surface area contributed by atoms with Crippen molar-refractivity contribution in [3.63, 3.8) is 0 Å². The Morgan fingerprint density at radius 3 is 2.71 bits per heavy atom. The van der Waals surface area contributed by atoms with Gasteiger partial charge in [0.15, 0.2) is 0 Å². The zero-order valence-electron chi connectivity index (χ0n) is 8.27. The minimum Gasteiger partial charge on any atom is -0.259 e. The molecule has 0 saturated carbocycles. The van der Waals surface area contributed by atoms with Gasteiger partial charge in [0.25, 0.3) is 0 Å². The van der Waals surface area contributed by atoms with Gasteiger partial charge in [0.05, 0.1) is 5.25 Å². The van der Waals surface area contributed by atoms with E-state index in [2.05, 4.69) is 25.1 Å². The Balaban J connectivity index is 2.27. The third kappa shape index (κ3) is 1.95. The molecular formula is C12H14OS. The molecule has 0 spiro atoms. The summed E-state index contributed by atoms with van der Waals surface area (Å²) in [7, 11) is -0.726. The largest absolute Gasteiger partial charge is 0.259 e. The maximum absolute atomic E-state index is 11.8. The van der Waals surface area contributed by atoms with Crippen molar-refractivity contribution in [2.24, 2.45) is 0 Å². The van der Waals surface area contributed by atoms with E-state index < -0.39 is 10.8 Å². The van der Waals surface area contributed by atoms with Crippen molar-refractivity contribution in [1.29, 1.82) is 0 Å². The van der Waals surface area contributed by atoms with Crippen molar-refractivity contribution in [3.05, 3.63) is 47.5 Å². The summed E-state index contributed by atoms with van der Waals surface area (Å²) in [6, 6.07) is 10.2. The van der Waals surface area contributed by atoms with Crippen molar-refractivity contribution in [1.82, 2.24) is 0 Å². The third-order valence-corrected chi connectivity index (χ3v) is 4.16. The molecule has 0 N–H and O–H groups in total. The molecular weight excluding hydrogens is 192 g/mol. The minimum atomic E-state index is -0.726. The predicted molar refractivity (Wildman–Crippen MR) is 60.6 cm³/mol. The van der Waals surface area contributed by atoms with Crippen LogP contribution in [0.2, 0.25) is 0 Å². The van der Waals surface area contributed by atoms with Crippen LogP contribution in [0.15, 0.2) is 42.0 Å². The molecule has 0 aliphatic carbocycles. The van der Waals surface area contributed by atoms with E-state index in [1.54, 1.807) is 0 Å². The van der Waals surface area contributed by atoms with Crippen LogP contribution in [0.3, 0.4) is 0 Å². The Kier molecular flexibility index (Phi) is 2.82. The molecule has 0 fully saturated rings. The lowest BCUT2D eigenvalue weighted by molar-refractivity contribution is 0.669. The van der Waals surface area contributed by atoms with Crippen LogP contribution in [-0.2, 0) is 10.8 Å². The monoisotopic (exact) mass is 206 g/mol. The van der Waals surface area contributed by atoms with Gasteiger partial charge in [-0.3, -0.25) is 4.21 Å². The fraction of sp³-hybridized carbons (Fsp3) is 0.333. The van der Waals surface area contributed by atoms with Crippen LogP contribution in [0.5, 0.6) is 0 Å². The maximum atomic E-state index is 11.8. The molecule has 1 aromatic rings. The molecule has 2 heteroatoms. The van der Waals surface area contributed by atoms with E-state index in [4.69, 9.17) is 0 Å². The topological polar surface area (TPSA) is 17.1 Å². The molecule has 2 rings (SSSR count). The molecule has 1 aromatic carbocycles. The van der Waals surface area contributed by atoms with Crippen LogP contribution in [0.25, 0.3) is 0 Å². The van der Waals surface area contributed by atoms with E-state index >= 15 is 0 Å². The second-order valence-electron chi connectivity index (χ2n) is 3.70. The first kappa shape index (κ1) is 9.66. The molecule has 1 aliphatic heterocycles. The summed E-state index contributed by atoms with van der Waals surface area (Å²) in [6.45, 7) is 2.12. The third-order valence-electron chi connectivity index (χ3n) is 2.59. The van der Waals surface area contributed by atoms with Gasteiger partial charge in [-0.05, 0) is 18.9 Å². The molecule has 0 aromatic heterocycles. The Morgan fingerprint density at radius 1 is 1.29 bits per heavy atom. The first-order valence-electron chi connectivity index (χ1n) is 4.85. The Labute approximate surface area is 87.3 Å². The fourth-order valence-corrected chi connectivity index (χ4v) is 3.34. The second kappa shape index (κ2) is 4.09. The van der Waals surface area contributed by atoms with E-state index in [1.807, 2.05) is 18.2 Å². The van der Waals surface area contributed by atoms with E-state index in [9.17, 15) is 4.21 Å². The van der Waals surface area contributed by atoms with Crippen molar-refractivity contribution in [3.8, 4) is 0 Å². The maximum Gasteiger partial charge on any atom is 0.0637 e. The highest BCUT2D eigenvalue weighted by Gasteiger charge is 2.21. The molecule has 1 nitrogen and oxygen atoms in total. The molecule has 1 aliphatic rings. The molecule has 0 radical (unpaired) electrons. The quantitative estimate of drug-likeness (QED) is 0.646. The average Bonchev–Trinajstić information content (AvgIpc) is 2.23. The second-order valence-corrected chi connectivity index (χ2v) is 5.37. The van der Waals surface area contributed by atoms with E-state index in [0.29, 0.717) is 5.75 Å². The summed E-state index contributed by atoms with van der Waals surface area (Å²) in [4.78, 5) is 0. The molecule has 2 atom stereocenters. The van der Waals surface area contributed by atoms with Crippen LogP contribution < -0.4 is 0 Å². The minimum absolute atomic E-state index is 0.209. The van der Waals surface area contributed by atoms with Crippen molar-refractivity contribution < 1.29 is 4.21 Å². The summed E-state index contributed by atoms with van der Waals surface area (Å²) in [5, 5.41) is 0.209. The van der Waals surface area contributed by atoms with Crippen molar-refractivity contribution >= 4 is 10.8 Å². The number of rotatable bonds is 1. The lowest BCUT2D eigenvalue weighted by Crippen LogP contribution is -2.14. The van der Waals surface area contributed by atoms with Crippen LogP contribution in [0, 0.1) is 0 Å². The highest BCUT2D eigenvalue weighted by atomic mass is 32.2. The van der Waals surface area contributed by atoms with Crippen LogP contribution in [-0.4, -0.2) is 9.96 Å². The van der Waals surface area contributed by atoms with Crippen molar-refractivity contribution in [2.75, 3.05) is 5.75 Å². The van der Waals surface area contributed by atoms with Gasteiger partial charge in [-0.15, -0.1) is 0 Å². The summed E-state index contributed by atoms with van der Waals surface area (Å²) >= 11 is 0. The van der Waals surface area contributed by atoms with Crippen LogP contribution in [0.1, 0.15) is 24.2 Å². The van der Waals surface area contributed by atoms with Crippen LogP contribution in [0.4, 0.5) is 0 Å². The standard InChI is InChI=1S/C12H14OS/c1-10-7-8-14(13)12(9-10)11-5-3-2-4-6-11/h2-7,12H,8-9H2,1H3/t12-,14-/m0/s1. The molecule has 1 heterocycles. The number of benzene rings is 1. The van der Waals surface area contributed by atoms with E-state index in [0.717, 1.165) is 6.42 Å². The highest BCUT2D eigenvalue weighted by molar-refractivity contribution is 7.85. The first-order valence-corrected chi connectivity index (χ1v) is 6.23. The molecule has 74 valence electrons. The van der Waals surface area contributed by atoms with Gasteiger partial charge in [-0.25, -0.2) is 0 Å². The molecule has 0 amide bonds. The number of hydrogen-bond acceptors (Lipinski definition) is 1. The lowest BCUT2D eigenvalue weighted by Gasteiger charge is -2.20. The number of hydrogen-bond donors (Lipinski definition) is 0. The normalized spacial score (nSPS) is 27.1. The van der Waals surface area contributed by atoms with Crippen molar-refractivity contribution in [2.45, 2.75) is 18.6 Å². The van der Waals surface area contributed by atoms with E-state index in [-0.39, 0.29) is 5.25 Å². The lowest BCUT2D eigenvalue weighted by atomic mass is 10.0. The Bertz CT molecular complexity index is 367. The molecule has 0 bridgehead atoms. The predicted octanol–water partition coefficient (Wildman–Crippen LogP) is 2.83. The summed E-state index contributed by atoms with van der Waals surface area (Å²) in [5.74, 6) is 0.714. The first-order chi connectivity index (χ1) is 6.77. The average molecular weight is 206 g/mol. The Morgan fingerprint density at radius 2 is 2.00 bits per heavy atom. The zero-order chi connectivity index (χ0) is 9.97. The molecule has 14 heavy (non-hydrogen) atoms. The van der Waals surface area contributed by atoms with Gasteiger partial charge in [-0.2, -0.15) is 0 Å². The van der Waals surface area contributed by atoms with Gasteiger partial charge in [0.1, 0.15) is 0 Å². The van der Waals surface area contributed by atoms with Gasteiger partial charge < -0.3 is 0 Å². The summed E-state index contributed by atoms with van der Waals surface area (Å²) in [6.07, 6.45) is 3.03. The van der Waals surface area contributed by atoms with Gasteiger partial charge in [0.2, 0.25) is 0 Å². The SMILES string of the molecule is CC1=CC[S@](=O)[C@H](c2ccccc2)C1. The summed E-state index contributed by atoms with van der Waals surface area (Å²) < 4.78 is 11.8. The molecule has 0 unspecified atom stereocenters. The van der Waals surface area contributed by atoms with Gasteiger partial charge in [0, 0.05) is 16.6 Å².